The van der Waals surface area contributed by atoms with Gasteiger partial charge in [0.2, 0.25) is 5.91 Å². The molecule has 0 saturated heterocycles. The SMILES string of the molecule is Cc1ccccc1/C=C\C(=O)N[C@@H](C)CO. The summed E-state index contributed by atoms with van der Waals surface area (Å²) in [4.78, 5) is 11.4. The lowest BCUT2D eigenvalue weighted by Gasteiger charge is -2.07. The Kier molecular flexibility index (Phi) is 4.73. The maximum atomic E-state index is 11.4. The fourth-order valence-electron chi connectivity index (χ4n) is 1.28. The lowest BCUT2D eigenvalue weighted by Crippen LogP contribution is -2.33. The Hall–Kier alpha value is -1.61. The molecule has 0 aliphatic heterocycles. The minimum Gasteiger partial charge on any atom is -0.394 e. The Bertz CT molecular complexity index is 385. The van der Waals surface area contributed by atoms with E-state index in [2.05, 4.69) is 5.32 Å². The summed E-state index contributed by atoms with van der Waals surface area (Å²) in [6, 6.07) is 7.62. The van der Waals surface area contributed by atoms with E-state index in [0.717, 1.165) is 11.1 Å². The lowest BCUT2D eigenvalue weighted by atomic mass is 10.1. The second-order valence-corrected chi connectivity index (χ2v) is 3.78. The van der Waals surface area contributed by atoms with E-state index in [4.69, 9.17) is 5.11 Å². The Morgan fingerprint density at radius 1 is 1.50 bits per heavy atom. The molecule has 0 aromatic heterocycles. The van der Waals surface area contributed by atoms with Crippen LogP contribution in [0.5, 0.6) is 0 Å². The smallest absolute Gasteiger partial charge is 0.244 e. The van der Waals surface area contributed by atoms with Gasteiger partial charge in [0, 0.05) is 12.1 Å². The summed E-state index contributed by atoms with van der Waals surface area (Å²) in [7, 11) is 0. The van der Waals surface area contributed by atoms with Gasteiger partial charge in [-0.25, -0.2) is 0 Å². The third-order valence-corrected chi connectivity index (χ3v) is 2.27. The van der Waals surface area contributed by atoms with Gasteiger partial charge in [0.15, 0.2) is 0 Å². The first-order valence-corrected chi connectivity index (χ1v) is 5.28. The summed E-state index contributed by atoms with van der Waals surface area (Å²) in [5, 5.41) is 11.4. The van der Waals surface area contributed by atoms with Gasteiger partial charge in [-0.1, -0.05) is 24.3 Å². The quantitative estimate of drug-likeness (QED) is 0.754. The molecule has 1 aromatic rings. The van der Waals surface area contributed by atoms with Crippen LogP contribution in [0.1, 0.15) is 18.1 Å². The lowest BCUT2D eigenvalue weighted by molar-refractivity contribution is -0.117. The zero-order valence-electron chi connectivity index (χ0n) is 9.60. The molecule has 0 saturated carbocycles. The van der Waals surface area contributed by atoms with Crippen molar-refractivity contribution in [3.8, 4) is 0 Å². The van der Waals surface area contributed by atoms with Crippen molar-refractivity contribution in [2.24, 2.45) is 0 Å². The van der Waals surface area contributed by atoms with Gasteiger partial charge < -0.3 is 10.4 Å². The number of hydrogen-bond acceptors (Lipinski definition) is 2. The van der Waals surface area contributed by atoms with Crippen LogP contribution in [0, 0.1) is 6.92 Å². The predicted molar refractivity (Wildman–Crippen MR) is 64.9 cm³/mol. The van der Waals surface area contributed by atoms with Gasteiger partial charge in [0.25, 0.3) is 0 Å². The zero-order chi connectivity index (χ0) is 12.0. The number of carbonyl (C=O) groups excluding carboxylic acids is 1. The number of amides is 1. The largest absolute Gasteiger partial charge is 0.394 e. The molecule has 0 spiro atoms. The van der Waals surface area contributed by atoms with Gasteiger partial charge >= 0.3 is 0 Å². The summed E-state index contributed by atoms with van der Waals surface area (Å²) < 4.78 is 0. The van der Waals surface area contributed by atoms with Gasteiger partial charge in [-0.2, -0.15) is 0 Å². The molecule has 1 amide bonds. The van der Waals surface area contributed by atoms with Gasteiger partial charge in [-0.05, 0) is 31.1 Å². The van der Waals surface area contributed by atoms with Crippen LogP contribution in [-0.2, 0) is 4.79 Å². The molecule has 16 heavy (non-hydrogen) atoms. The number of hydrogen-bond donors (Lipinski definition) is 2. The molecule has 1 atom stereocenters. The van der Waals surface area contributed by atoms with Crippen LogP contribution >= 0.6 is 0 Å². The van der Waals surface area contributed by atoms with Crippen molar-refractivity contribution < 1.29 is 9.90 Å². The average Bonchev–Trinajstić information content (AvgIpc) is 2.28. The minimum absolute atomic E-state index is 0.0516. The fraction of sp³-hybridized carbons (Fsp3) is 0.308. The number of aliphatic hydroxyl groups is 1. The second-order valence-electron chi connectivity index (χ2n) is 3.78. The van der Waals surface area contributed by atoms with Crippen molar-refractivity contribution in [3.63, 3.8) is 0 Å². The summed E-state index contributed by atoms with van der Waals surface area (Å²) in [6.07, 6.45) is 3.25. The van der Waals surface area contributed by atoms with Crippen LogP contribution in [0.15, 0.2) is 30.3 Å². The van der Waals surface area contributed by atoms with Crippen molar-refractivity contribution in [1.82, 2.24) is 5.32 Å². The van der Waals surface area contributed by atoms with Gasteiger partial charge in [0.1, 0.15) is 0 Å². The molecule has 1 aromatic carbocycles. The number of carbonyl (C=O) groups is 1. The normalized spacial score (nSPS) is 12.7. The predicted octanol–water partition coefficient (Wildman–Crippen LogP) is 1.51. The minimum atomic E-state index is -0.214. The molecule has 0 bridgehead atoms. The van der Waals surface area contributed by atoms with Crippen LogP contribution in [0.25, 0.3) is 6.08 Å². The Morgan fingerprint density at radius 2 is 2.19 bits per heavy atom. The molecule has 2 N–H and O–H groups in total. The molecule has 0 heterocycles. The van der Waals surface area contributed by atoms with Crippen molar-refractivity contribution in [2.45, 2.75) is 19.9 Å². The van der Waals surface area contributed by atoms with Crippen LogP contribution < -0.4 is 5.32 Å². The molecule has 0 aliphatic rings. The highest BCUT2D eigenvalue weighted by molar-refractivity contribution is 5.92. The summed E-state index contributed by atoms with van der Waals surface area (Å²) in [5.41, 5.74) is 2.15. The maximum absolute atomic E-state index is 11.4. The molecule has 0 fully saturated rings. The van der Waals surface area contributed by atoms with E-state index in [-0.39, 0.29) is 18.6 Å². The van der Waals surface area contributed by atoms with E-state index in [1.54, 1.807) is 13.0 Å². The first-order chi connectivity index (χ1) is 7.63. The highest BCUT2D eigenvalue weighted by atomic mass is 16.3. The highest BCUT2D eigenvalue weighted by Crippen LogP contribution is 2.08. The van der Waals surface area contributed by atoms with E-state index >= 15 is 0 Å². The summed E-state index contributed by atoms with van der Waals surface area (Å²) >= 11 is 0. The van der Waals surface area contributed by atoms with Crippen molar-refractivity contribution in [1.29, 1.82) is 0 Å². The van der Waals surface area contributed by atoms with Crippen LogP contribution in [-0.4, -0.2) is 23.7 Å². The molecular weight excluding hydrogens is 202 g/mol. The van der Waals surface area contributed by atoms with Gasteiger partial charge in [-0.15, -0.1) is 0 Å². The number of benzene rings is 1. The van der Waals surface area contributed by atoms with Crippen molar-refractivity contribution in [2.75, 3.05) is 6.61 Å². The third-order valence-electron chi connectivity index (χ3n) is 2.27. The van der Waals surface area contributed by atoms with Crippen LogP contribution in [0.4, 0.5) is 0 Å². The molecule has 0 unspecified atom stereocenters. The standard InChI is InChI=1S/C13H17NO2/c1-10-5-3-4-6-12(10)7-8-13(16)14-11(2)9-15/h3-8,11,15H,9H2,1-2H3,(H,14,16)/b8-7-/t11-/m0/s1. The number of aryl methyl sites for hydroxylation is 1. The summed E-state index contributed by atoms with van der Waals surface area (Å²) in [5.74, 6) is -0.190. The second kappa shape index (κ2) is 6.08. The van der Waals surface area contributed by atoms with E-state index < -0.39 is 0 Å². The van der Waals surface area contributed by atoms with Gasteiger partial charge in [-0.3, -0.25) is 4.79 Å². The van der Waals surface area contributed by atoms with E-state index in [9.17, 15) is 4.79 Å². The average molecular weight is 219 g/mol. The molecule has 3 heteroatoms. The first-order valence-electron chi connectivity index (χ1n) is 5.28. The van der Waals surface area contributed by atoms with Crippen LogP contribution in [0.3, 0.4) is 0 Å². The monoisotopic (exact) mass is 219 g/mol. The molecule has 0 aliphatic carbocycles. The van der Waals surface area contributed by atoms with Gasteiger partial charge in [0.05, 0.1) is 6.61 Å². The zero-order valence-corrected chi connectivity index (χ0v) is 9.60. The number of aliphatic hydroxyl groups excluding tert-OH is 1. The van der Waals surface area contributed by atoms with Crippen molar-refractivity contribution in [3.05, 3.63) is 41.5 Å². The van der Waals surface area contributed by atoms with Crippen LogP contribution in [0.2, 0.25) is 0 Å². The molecule has 1 rings (SSSR count). The van der Waals surface area contributed by atoms with E-state index in [0.29, 0.717) is 0 Å². The molecule has 0 radical (unpaired) electrons. The number of rotatable bonds is 4. The first kappa shape index (κ1) is 12.5. The molecule has 86 valence electrons. The summed E-state index contributed by atoms with van der Waals surface area (Å²) in [6.45, 7) is 3.69. The molecular formula is C13H17NO2. The Balaban J connectivity index is 2.60. The fourth-order valence-corrected chi connectivity index (χ4v) is 1.28. The Labute approximate surface area is 95.8 Å². The maximum Gasteiger partial charge on any atom is 0.244 e. The molecule has 3 nitrogen and oxygen atoms in total. The van der Waals surface area contributed by atoms with E-state index in [1.165, 1.54) is 6.08 Å². The topological polar surface area (TPSA) is 49.3 Å². The Morgan fingerprint density at radius 3 is 2.81 bits per heavy atom. The highest BCUT2D eigenvalue weighted by Gasteiger charge is 2.01. The van der Waals surface area contributed by atoms with Crippen molar-refractivity contribution >= 4 is 12.0 Å². The van der Waals surface area contributed by atoms with E-state index in [1.807, 2.05) is 31.2 Å². The third kappa shape index (κ3) is 3.87. The number of nitrogens with one attached hydrogen (secondary N) is 1.